The Morgan fingerprint density at radius 2 is 1.68 bits per heavy atom. The number of rotatable bonds is 7. The molecular weight excluding hydrogens is 261 g/mol. The minimum atomic E-state index is -2.97. The highest BCUT2D eigenvalue weighted by atomic mass is 31.2. The Morgan fingerprint density at radius 1 is 1.16 bits per heavy atom. The summed E-state index contributed by atoms with van der Waals surface area (Å²) < 4.78 is 23.5. The summed E-state index contributed by atoms with van der Waals surface area (Å²) >= 11 is 0. The fraction of sp³-hybridized carbons (Fsp3) is 0.857. The second kappa shape index (κ2) is 8.21. The monoisotopic (exact) mass is 289 g/mol. The van der Waals surface area contributed by atoms with Crippen molar-refractivity contribution in [1.29, 1.82) is 0 Å². The molecule has 5 heteroatoms. The van der Waals surface area contributed by atoms with Crippen LogP contribution in [0.1, 0.15) is 40.5 Å². The van der Waals surface area contributed by atoms with E-state index in [-0.39, 0.29) is 0 Å². The Balaban J connectivity index is 2.82. The topological polar surface area (TPSA) is 47.6 Å². The Kier molecular flexibility index (Phi) is 7.30. The molecule has 0 amide bonds. The largest absolute Gasteiger partial charge is 0.334 e. The second-order valence-electron chi connectivity index (χ2n) is 5.15. The van der Waals surface area contributed by atoms with Crippen molar-refractivity contribution in [1.82, 2.24) is 5.32 Å². The minimum Gasteiger partial charge on any atom is -0.317 e. The maximum absolute atomic E-state index is 12.7. The van der Waals surface area contributed by atoms with Gasteiger partial charge in [-0.25, -0.2) is 0 Å². The summed E-state index contributed by atoms with van der Waals surface area (Å²) in [7, 11) is -2.97. The van der Waals surface area contributed by atoms with Gasteiger partial charge in [0.1, 0.15) is 0 Å². The highest BCUT2D eigenvalue weighted by Gasteiger charge is 2.29. The van der Waals surface area contributed by atoms with Gasteiger partial charge in [-0.05, 0) is 59.5 Å². The molecule has 0 radical (unpaired) electrons. The molecule has 0 atom stereocenters. The summed E-state index contributed by atoms with van der Waals surface area (Å²) in [6.07, 6.45) is 2.67. The van der Waals surface area contributed by atoms with E-state index in [1.807, 2.05) is 13.8 Å². The molecule has 19 heavy (non-hydrogen) atoms. The molecule has 0 aromatic rings. The van der Waals surface area contributed by atoms with Crippen LogP contribution in [0.15, 0.2) is 11.1 Å². The first-order valence-corrected chi connectivity index (χ1v) is 9.00. The molecule has 0 bridgehead atoms. The van der Waals surface area contributed by atoms with Crippen molar-refractivity contribution in [3.05, 3.63) is 11.1 Å². The molecule has 1 heterocycles. The Labute approximate surface area is 117 Å². The lowest BCUT2D eigenvalue weighted by atomic mass is 9.88. The summed E-state index contributed by atoms with van der Waals surface area (Å²) in [5.41, 5.74) is 2.53. The van der Waals surface area contributed by atoms with E-state index in [4.69, 9.17) is 9.05 Å². The van der Waals surface area contributed by atoms with Crippen LogP contribution in [-0.2, 0) is 13.6 Å². The van der Waals surface area contributed by atoms with E-state index in [1.165, 1.54) is 11.1 Å². The fourth-order valence-electron chi connectivity index (χ4n) is 2.60. The van der Waals surface area contributed by atoms with Gasteiger partial charge in [0, 0.05) is 0 Å². The average Bonchev–Trinajstić information content (AvgIpc) is 2.37. The lowest BCUT2D eigenvalue weighted by Gasteiger charge is -2.28. The van der Waals surface area contributed by atoms with E-state index in [0.29, 0.717) is 25.3 Å². The van der Waals surface area contributed by atoms with Gasteiger partial charge in [0.2, 0.25) is 0 Å². The molecule has 1 N–H and O–H groups in total. The molecule has 112 valence electrons. The third-order valence-corrected chi connectivity index (χ3v) is 5.52. The molecule has 0 saturated carbocycles. The Bertz CT molecular complexity index is 335. The summed E-state index contributed by atoms with van der Waals surface area (Å²) in [6.45, 7) is 10.8. The molecule has 0 spiro atoms. The number of nitrogens with one attached hydrogen (secondary N) is 1. The summed E-state index contributed by atoms with van der Waals surface area (Å²) in [4.78, 5) is 0. The molecule has 4 nitrogen and oxygen atoms in total. The normalized spacial score (nSPS) is 17.5. The van der Waals surface area contributed by atoms with Crippen molar-refractivity contribution in [2.75, 3.05) is 32.5 Å². The molecule has 0 aromatic carbocycles. The molecular formula is C14H28NO3P. The zero-order valence-electron chi connectivity index (χ0n) is 12.7. The molecule has 0 aromatic heterocycles. The standard InChI is InChI=1S/C14H28NO3P/c1-5-17-19(16,18-6-2)11-14(12(3)4)13-7-9-15-10-8-13/h13,15H,5-11H2,1-4H3. The van der Waals surface area contributed by atoms with E-state index < -0.39 is 7.60 Å². The van der Waals surface area contributed by atoms with Crippen molar-refractivity contribution in [3.8, 4) is 0 Å². The van der Waals surface area contributed by atoms with Crippen LogP contribution in [0.3, 0.4) is 0 Å². The SMILES string of the molecule is CCOP(=O)(CC(=C(C)C)C1CCNCC1)OCC. The van der Waals surface area contributed by atoms with Crippen LogP contribution in [0.5, 0.6) is 0 Å². The predicted octanol–water partition coefficient (Wildman–Crippen LogP) is 3.59. The van der Waals surface area contributed by atoms with Gasteiger partial charge < -0.3 is 14.4 Å². The third-order valence-electron chi connectivity index (χ3n) is 3.49. The van der Waals surface area contributed by atoms with Gasteiger partial charge in [0.15, 0.2) is 0 Å². The fourth-order valence-corrected chi connectivity index (χ4v) is 4.63. The summed E-state index contributed by atoms with van der Waals surface area (Å²) in [5, 5.41) is 3.37. The lowest BCUT2D eigenvalue weighted by Crippen LogP contribution is -2.29. The van der Waals surface area contributed by atoms with E-state index in [2.05, 4.69) is 19.2 Å². The number of hydrogen-bond donors (Lipinski definition) is 1. The number of piperidine rings is 1. The van der Waals surface area contributed by atoms with E-state index in [1.54, 1.807) is 0 Å². The quantitative estimate of drug-likeness (QED) is 0.575. The van der Waals surface area contributed by atoms with E-state index >= 15 is 0 Å². The second-order valence-corrected chi connectivity index (χ2v) is 7.21. The van der Waals surface area contributed by atoms with Gasteiger partial charge >= 0.3 is 7.60 Å². The average molecular weight is 289 g/mol. The zero-order chi connectivity index (χ0) is 14.3. The summed E-state index contributed by atoms with van der Waals surface area (Å²) in [5.74, 6) is 0.514. The molecule has 0 unspecified atom stereocenters. The van der Waals surface area contributed by atoms with Gasteiger partial charge in [0.25, 0.3) is 0 Å². The van der Waals surface area contributed by atoms with Gasteiger partial charge in [-0.15, -0.1) is 0 Å². The van der Waals surface area contributed by atoms with Gasteiger partial charge in [-0.1, -0.05) is 11.1 Å². The van der Waals surface area contributed by atoms with Crippen LogP contribution >= 0.6 is 7.60 Å². The lowest BCUT2D eigenvalue weighted by molar-refractivity contribution is 0.221. The zero-order valence-corrected chi connectivity index (χ0v) is 13.6. The van der Waals surface area contributed by atoms with Crippen LogP contribution in [0.25, 0.3) is 0 Å². The Morgan fingerprint density at radius 3 is 2.11 bits per heavy atom. The van der Waals surface area contributed by atoms with Crippen LogP contribution in [0.2, 0.25) is 0 Å². The van der Waals surface area contributed by atoms with Gasteiger partial charge in [-0.2, -0.15) is 0 Å². The Hall–Kier alpha value is -0.150. The van der Waals surface area contributed by atoms with Gasteiger partial charge in [0.05, 0.1) is 19.4 Å². The van der Waals surface area contributed by atoms with E-state index in [9.17, 15) is 4.57 Å². The molecule has 1 fully saturated rings. The molecule has 1 rings (SSSR count). The maximum Gasteiger partial charge on any atom is 0.334 e. The first-order chi connectivity index (χ1) is 9.02. The molecule has 1 saturated heterocycles. The molecule has 0 aliphatic carbocycles. The van der Waals surface area contributed by atoms with Gasteiger partial charge in [-0.3, -0.25) is 4.57 Å². The summed E-state index contributed by atoms with van der Waals surface area (Å²) in [6, 6.07) is 0. The van der Waals surface area contributed by atoms with Crippen LogP contribution < -0.4 is 5.32 Å². The van der Waals surface area contributed by atoms with Crippen LogP contribution in [0.4, 0.5) is 0 Å². The van der Waals surface area contributed by atoms with Crippen molar-refractivity contribution in [2.24, 2.45) is 5.92 Å². The molecule has 1 aliphatic heterocycles. The highest BCUT2D eigenvalue weighted by molar-refractivity contribution is 7.54. The van der Waals surface area contributed by atoms with Crippen LogP contribution in [-0.4, -0.2) is 32.5 Å². The van der Waals surface area contributed by atoms with Crippen molar-refractivity contribution in [3.63, 3.8) is 0 Å². The first kappa shape index (κ1) is 16.9. The smallest absolute Gasteiger partial charge is 0.317 e. The predicted molar refractivity (Wildman–Crippen MR) is 79.7 cm³/mol. The highest BCUT2D eigenvalue weighted by Crippen LogP contribution is 2.51. The van der Waals surface area contributed by atoms with Crippen molar-refractivity contribution >= 4 is 7.60 Å². The van der Waals surface area contributed by atoms with Crippen LogP contribution in [0, 0.1) is 5.92 Å². The maximum atomic E-state index is 12.7. The van der Waals surface area contributed by atoms with E-state index in [0.717, 1.165) is 25.9 Å². The first-order valence-electron chi connectivity index (χ1n) is 7.27. The minimum absolute atomic E-state index is 0.430. The van der Waals surface area contributed by atoms with Crippen molar-refractivity contribution in [2.45, 2.75) is 40.5 Å². The number of allylic oxidation sites excluding steroid dienone is 2. The number of hydrogen-bond acceptors (Lipinski definition) is 4. The van der Waals surface area contributed by atoms with Crippen molar-refractivity contribution < 1.29 is 13.6 Å². The third kappa shape index (κ3) is 5.39. The molecule has 1 aliphatic rings.